The maximum Gasteiger partial charge on any atom is 0.344 e. The molecule has 0 spiro atoms. The molecule has 1 aliphatic heterocycles. The maximum absolute atomic E-state index is 11.6. The van der Waals surface area contributed by atoms with Crippen LogP contribution in [0.25, 0.3) is 0 Å². The lowest BCUT2D eigenvalue weighted by Crippen LogP contribution is -2.28. The predicted molar refractivity (Wildman–Crippen MR) is 91.7 cm³/mol. The molecule has 0 bridgehead atoms. The number of aryl methyl sites for hydroxylation is 1. The number of benzene rings is 2. The normalized spacial score (nSPS) is 16.1. The average molecular weight is 326 g/mol. The van der Waals surface area contributed by atoms with Crippen molar-refractivity contribution in [2.24, 2.45) is 0 Å². The fourth-order valence-corrected chi connectivity index (χ4v) is 3.01. The number of carboxylic acids is 1. The van der Waals surface area contributed by atoms with E-state index in [-0.39, 0.29) is 5.60 Å². The summed E-state index contributed by atoms with van der Waals surface area (Å²) in [6.07, 6.45) is 0.955. The van der Waals surface area contributed by atoms with E-state index >= 15 is 0 Å². The van der Waals surface area contributed by atoms with Crippen LogP contribution in [-0.2, 0) is 17.6 Å². The average Bonchev–Trinajstić information content (AvgIpc) is 2.86. The molecule has 1 N–H and O–H groups in total. The molecule has 0 radical (unpaired) electrons. The van der Waals surface area contributed by atoms with Crippen LogP contribution < -0.4 is 9.47 Å². The van der Waals surface area contributed by atoms with Crippen LogP contribution in [0.2, 0.25) is 0 Å². The summed E-state index contributed by atoms with van der Waals surface area (Å²) in [6.45, 7) is 4.03. The van der Waals surface area contributed by atoms with Crippen LogP contribution in [0.1, 0.15) is 31.4 Å². The Labute approximate surface area is 142 Å². The van der Waals surface area contributed by atoms with Crippen molar-refractivity contribution < 1.29 is 19.4 Å². The monoisotopic (exact) mass is 326 g/mol. The number of para-hydroxylation sites is 1. The van der Waals surface area contributed by atoms with Crippen LogP contribution in [-0.4, -0.2) is 22.8 Å². The number of carbonyl (C=O) groups is 1. The van der Waals surface area contributed by atoms with Crippen LogP contribution in [0, 0.1) is 0 Å². The van der Waals surface area contributed by atoms with Gasteiger partial charge in [-0.25, -0.2) is 4.79 Å². The van der Waals surface area contributed by atoms with Gasteiger partial charge >= 0.3 is 5.97 Å². The van der Waals surface area contributed by atoms with Crippen LogP contribution in [0.3, 0.4) is 0 Å². The van der Waals surface area contributed by atoms with Crippen molar-refractivity contribution in [3.05, 3.63) is 59.7 Å². The minimum absolute atomic E-state index is 0.287. The standard InChI is InChI=1S/C20H22O4/c1-20(2)13-15-9-6-10-16(18(15)24-20)23-17(19(21)22)12-11-14-7-4-3-5-8-14/h3-10,17H,11-13H2,1-2H3,(H,21,22). The first-order valence-corrected chi connectivity index (χ1v) is 8.19. The second-order valence-corrected chi connectivity index (χ2v) is 6.75. The lowest BCUT2D eigenvalue weighted by molar-refractivity contribution is -0.145. The minimum Gasteiger partial charge on any atom is -0.483 e. The van der Waals surface area contributed by atoms with Crippen LogP contribution in [0.4, 0.5) is 0 Å². The van der Waals surface area contributed by atoms with Gasteiger partial charge in [-0.2, -0.15) is 0 Å². The molecule has 3 rings (SSSR count). The number of fused-ring (bicyclic) bond motifs is 1. The zero-order valence-electron chi connectivity index (χ0n) is 14.0. The van der Waals surface area contributed by atoms with Gasteiger partial charge in [-0.05, 0) is 38.3 Å². The molecule has 2 aromatic rings. The van der Waals surface area contributed by atoms with E-state index in [0.717, 1.165) is 17.5 Å². The van der Waals surface area contributed by atoms with Gasteiger partial charge in [0.2, 0.25) is 0 Å². The highest BCUT2D eigenvalue weighted by atomic mass is 16.6. The van der Waals surface area contributed by atoms with Crippen molar-refractivity contribution in [3.8, 4) is 11.5 Å². The van der Waals surface area contributed by atoms with Crippen molar-refractivity contribution in [2.75, 3.05) is 0 Å². The lowest BCUT2D eigenvalue weighted by atomic mass is 10.0. The van der Waals surface area contributed by atoms with Crippen molar-refractivity contribution in [1.82, 2.24) is 0 Å². The molecule has 0 amide bonds. The number of aliphatic carboxylic acids is 1. The van der Waals surface area contributed by atoms with Gasteiger partial charge in [-0.3, -0.25) is 0 Å². The first-order chi connectivity index (χ1) is 11.4. The molecular weight excluding hydrogens is 304 g/mol. The topological polar surface area (TPSA) is 55.8 Å². The Hall–Kier alpha value is -2.49. The fourth-order valence-electron chi connectivity index (χ4n) is 3.01. The number of hydrogen-bond donors (Lipinski definition) is 1. The second-order valence-electron chi connectivity index (χ2n) is 6.75. The summed E-state index contributed by atoms with van der Waals surface area (Å²) in [5.41, 5.74) is 1.87. The summed E-state index contributed by atoms with van der Waals surface area (Å²) in [7, 11) is 0. The molecule has 0 fully saturated rings. The van der Waals surface area contributed by atoms with Crippen molar-refractivity contribution in [2.45, 2.75) is 44.8 Å². The van der Waals surface area contributed by atoms with E-state index < -0.39 is 12.1 Å². The smallest absolute Gasteiger partial charge is 0.344 e. The quantitative estimate of drug-likeness (QED) is 0.875. The van der Waals surface area contributed by atoms with Crippen molar-refractivity contribution >= 4 is 5.97 Å². The highest BCUT2D eigenvalue weighted by Crippen LogP contribution is 2.42. The molecule has 2 aromatic carbocycles. The molecule has 126 valence electrons. The third-order valence-electron chi connectivity index (χ3n) is 4.14. The Balaban J connectivity index is 1.73. The number of ether oxygens (including phenoxy) is 2. The van der Waals surface area contributed by atoms with Crippen LogP contribution in [0.15, 0.2) is 48.5 Å². The van der Waals surface area contributed by atoms with Crippen molar-refractivity contribution in [3.63, 3.8) is 0 Å². The summed E-state index contributed by atoms with van der Waals surface area (Å²) < 4.78 is 11.8. The van der Waals surface area contributed by atoms with E-state index in [1.54, 1.807) is 6.07 Å². The van der Waals surface area contributed by atoms with Gasteiger partial charge in [-0.15, -0.1) is 0 Å². The number of rotatable bonds is 6. The largest absolute Gasteiger partial charge is 0.483 e. The Morgan fingerprint density at radius 1 is 1.21 bits per heavy atom. The molecule has 24 heavy (non-hydrogen) atoms. The first kappa shape index (κ1) is 16.4. The lowest BCUT2D eigenvalue weighted by Gasteiger charge is -2.20. The van der Waals surface area contributed by atoms with E-state index in [0.29, 0.717) is 24.3 Å². The molecule has 1 atom stereocenters. The van der Waals surface area contributed by atoms with Crippen LogP contribution in [0.5, 0.6) is 11.5 Å². The molecule has 0 aromatic heterocycles. The Kier molecular flexibility index (Phi) is 4.47. The summed E-state index contributed by atoms with van der Waals surface area (Å²) in [5.74, 6) is 0.229. The Morgan fingerprint density at radius 2 is 1.96 bits per heavy atom. The zero-order valence-corrected chi connectivity index (χ0v) is 14.0. The fraction of sp³-hybridized carbons (Fsp3) is 0.350. The van der Waals surface area contributed by atoms with Gasteiger partial charge in [0, 0.05) is 12.0 Å². The molecular formula is C20H22O4. The Morgan fingerprint density at radius 3 is 2.67 bits per heavy atom. The Bertz CT molecular complexity index is 722. The van der Waals surface area contributed by atoms with Gasteiger partial charge in [0.05, 0.1) is 0 Å². The van der Waals surface area contributed by atoms with Gasteiger partial charge in [0.15, 0.2) is 17.6 Å². The molecule has 4 heteroatoms. The van der Waals surface area contributed by atoms with E-state index in [2.05, 4.69) is 0 Å². The van der Waals surface area contributed by atoms with E-state index in [9.17, 15) is 9.90 Å². The number of hydrogen-bond acceptors (Lipinski definition) is 3. The number of carboxylic acid groups (broad SMARTS) is 1. The van der Waals surface area contributed by atoms with Gasteiger partial charge in [0.25, 0.3) is 0 Å². The second kappa shape index (κ2) is 6.56. The third kappa shape index (κ3) is 3.70. The SMILES string of the molecule is CC1(C)Cc2cccc(OC(CCc3ccccc3)C(=O)O)c2O1. The van der Waals surface area contributed by atoms with Crippen molar-refractivity contribution in [1.29, 1.82) is 0 Å². The van der Waals surface area contributed by atoms with E-state index in [1.807, 2.05) is 56.3 Å². The van der Waals surface area contributed by atoms with Gasteiger partial charge in [0.1, 0.15) is 5.60 Å². The summed E-state index contributed by atoms with van der Waals surface area (Å²) >= 11 is 0. The molecule has 0 saturated heterocycles. The minimum atomic E-state index is -0.958. The van der Waals surface area contributed by atoms with E-state index in [4.69, 9.17) is 9.47 Å². The van der Waals surface area contributed by atoms with E-state index in [1.165, 1.54) is 0 Å². The van der Waals surface area contributed by atoms with Gasteiger partial charge in [-0.1, -0.05) is 42.5 Å². The highest BCUT2D eigenvalue weighted by molar-refractivity contribution is 5.73. The first-order valence-electron chi connectivity index (χ1n) is 8.19. The molecule has 0 aliphatic carbocycles. The predicted octanol–water partition coefficient (Wildman–Crippen LogP) is 3.86. The summed E-state index contributed by atoms with van der Waals surface area (Å²) in [5, 5.41) is 9.50. The molecule has 1 unspecified atom stereocenters. The third-order valence-corrected chi connectivity index (χ3v) is 4.14. The molecule has 1 heterocycles. The summed E-state index contributed by atoms with van der Waals surface area (Å²) in [4.78, 5) is 11.6. The molecule has 4 nitrogen and oxygen atoms in total. The maximum atomic E-state index is 11.6. The summed E-state index contributed by atoms with van der Waals surface area (Å²) in [6, 6.07) is 15.5. The highest BCUT2D eigenvalue weighted by Gasteiger charge is 2.33. The zero-order chi connectivity index (χ0) is 17.2. The molecule has 0 saturated carbocycles. The van der Waals surface area contributed by atoms with Gasteiger partial charge < -0.3 is 14.6 Å². The van der Waals surface area contributed by atoms with Crippen LogP contribution >= 0.6 is 0 Å². The molecule has 1 aliphatic rings.